The Morgan fingerprint density at radius 3 is 1.00 bits per heavy atom. The predicted molar refractivity (Wildman–Crippen MR) is 292 cm³/mol. The van der Waals surface area contributed by atoms with Gasteiger partial charge in [-0.25, -0.2) is 0 Å². The van der Waals surface area contributed by atoms with Crippen LogP contribution >= 0.6 is 0 Å². The third-order valence-electron chi connectivity index (χ3n) is 15.0. The second-order valence-electron chi connectivity index (χ2n) is 18.9. The summed E-state index contributed by atoms with van der Waals surface area (Å²) in [6.45, 7) is 0. The van der Waals surface area contributed by atoms with Gasteiger partial charge in [0.2, 0.25) is 0 Å². The van der Waals surface area contributed by atoms with Crippen LogP contribution in [0.15, 0.2) is 255 Å². The second kappa shape index (κ2) is 15.2. The zero-order valence-electron chi connectivity index (χ0n) is 38.2. The van der Waals surface area contributed by atoms with Gasteiger partial charge >= 0.3 is 0 Å². The van der Waals surface area contributed by atoms with Crippen molar-refractivity contribution in [1.29, 1.82) is 0 Å². The number of hydrogen-bond acceptors (Lipinski definition) is 1. The molecule has 326 valence electrons. The molecule has 15 rings (SSSR count). The first-order valence-electron chi connectivity index (χ1n) is 24.3. The molecule has 2 aromatic heterocycles. The first kappa shape index (κ1) is 38.9. The van der Waals surface area contributed by atoms with Crippen LogP contribution in [-0.2, 0) is 0 Å². The van der Waals surface area contributed by atoms with Crippen LogP contribution in [0.2, 0.25) is 0 Å². The molecule has 2 aliphatic rings. The highest BCUT2D eigenvalue weighted by molar-refractivity contribution is 6.17. The smallest absolute Gasteiger partial charge is 0.0583 e. The number of nitrogens with zero attached hydrogens (tertiary/aromatic N) is 3. The van der Waals surface area contributed by atoms with Gasteiger partial charge < -0.3 is 14.0 Å². The summed E-state index contributed by atoms with van der Waals surface area (Å²) in [6, 6.07) is 94.4. The van der Waals surface area contributed by atoms with E-state index in [9.17, 15) is 0 Å². The van der Waals surface area contributed by atoms with Crippen LogP contribution in [-0.4, -0.2) is 9.13 Å². The molecule has 0 amide bonds. The Morgan fingerprint density at radius 1 is 0.271 bits per heavy atom. The minimum absolute atomic E-state index is 0.0749. The van der Waals surface area contributed by atoms with Crippen molar-refractivity contribution in [3.8, 4) is 55.9 Å². The number of anilines is 3. The zero-order chi connectivity index (χ0) is 45.9. The van der Waals surface area contributed by atoms with E-state index in [4.69, 9.17) is 0 Å². The molecule has 3 heteroatoms. The molecule has 0 unspecified atom stereocenters. The average Bonchev–Trinajstić information content (AvgIpc) is 3.96. The second-order valence-corrected chi connectivity index (χ2v) is 18.9. The van der Waals surface area contributed by atoms with Gasteiger partial charge in [-0.3, -0.25) is 0 Å². The van der Waals surface area contributed by atoms with E-state index in [-0.39, 0.29) is 5.92 Å². The molecule has 70 heavy (non-hydrogen) atoms. The molecule has 0 aliphatic carbocycles. The van der Waals surface area contributed by atoms with E-state index in [0.29, 0.717) is 0 Å². The van der Waals surface area contributed by atoms with E-state index in [0.717, 1.165) is 17.1 Å². The lowest BCUT2D eigenvalue weighted by molar-refractivity contribution is 0.884. The van der Waals surface area contributed by atoms with Gasteiger partial charge in [0.1, 0.15) is 0 Å². The molecule has 0 radical (unpaired) electrons. The molecule has 2 aliphatic heterocycles. The van der Waals surface area contributed by atoms with Crippen LogP contribution in [0, 0.1) is 0 Å². The van der Waals surface area contributed by atoms with Crippen molar-refractivity contribution < 1.29 is 0 Å². The summed E-state index contributed by atoms with van der Waals surface area (Å²) >= 11 is 0. The van der Waals surface area contributed by atoms with Crippen LogP contribution in [0.3, 0.4) is 0 Å². The van der Waals surface area contributed by atoms with Crippen molar-refractivity contribution in [2.45, 2.75) is 5.92 Å². The fourth-order valence-corrected chi connectivity index (χ4v) is 12.0. The summed E-state index contributed by atoms with van der Waals surface area (Å²) in [5.74, 6) is -0.0749. The third kappa shape index (κ3) is 5.76. The van der Waals surface area contributed by atoms with E-state index in [2.05, 4.69) is 269 Å². The maximum absolute atomic E-state index is 2.61. The van der Waals surface area contributed by atoms with Gasteiger partial charge in [-0.05, 0) is 141 Å². The van der Waals surface area contributed by atoms with Crippen LogP contribution in [0.1, 0.15) is 22.6 Å². The van der Waals surface area contributed by atoms with Gasteiger partial charge in [0.25, 0.3) is 0 Å². The Morgan fingerprint density at radius 2 is 0.614 bits per heavy atom. The van der Waals surface area contributed by atoms with Crippen molar-refractivity contribution in [2.75, 3.05) is 4.90 Å². The number of para-hydroxylation sites is 2. The fourth-order valence-electron chi connectivity index (χ4n) is 12.0. The molecule has 13 aromatic rings. The lowest BCUT2D eigenvalue weighted by Gasteiger charge is -2.37. The highest BCUT2D eigenvalue weighted by Crippen LogP contribution is 2.57. The van der Waals surface area contributed by atoms with Gasteiger partial charge in [-0.15, -0.1) is 0 Å². The minimum atomic E-state index is -0.0749. The van der Waals surface area contributed by atoms with Crippen LogP contribution < -0.4 is 4.90 Å². The molecule has 0 spiro atoms. The third-order valence-corrected chi connectivity index (χ3v) is 15.0. The molecule has 4 heterocycles. The van der Waals surface area contributed by atoms with Crippen molar-refractivity contribution in [1.82, 2.24) is 9.13 Å². The molecule has 0 N–H and O–H groups in total. The Kier molecular flexibility index (Phi) is 8.42. The van der Waals surface area contributed by atoms with E-state index in [1.165, 1.54) is 116 Å². The van der Waals surface area contributed by atoms with Gasteiger partial charge in [-0.2, -0.15) is 0 Å². The number of hydrogen-bond donors (Lipinski definition) is 0. The normalized spacial score (nSPS) is 12.5. The zero-order valence-corrected chi connectivity index (χ0v) is 38.2. The van der Waals surface area contributed by atoms with Crippen LogP contribution in [0.5, 0.6) is 0 Å². The predicted octanol–water partition coefficient (Wildman–Crippen LogP) is 17.8. The van der Waals surface area contributed by atoms with E-state index < -0.39 is 0 Å². The molecular weight excluding hydrogens is 847 g/mol. The van der Waals surface area contributed by atoms with Crippen molar-refractivity contribution >= 4 is 60.7 Å². The summed E-state index contributed by atoms with van der Waals surface area (Å²) < 4.78 is 5.22. The first-order chi connectivity index (χ1) is 34.7. The van der Waals surface area contributed by atoms with E-state index in [1.54, 1.807) is 0 Å². The maximum atomic E-state index is 2.61. The van der Waals surface area contributed by atoms with Crippen molar-refractivity contribution in [2.24, 2.45) is 0 Å². The Bertz CT molecular complexity index is 3920. The Balaban J connectivity index is 1.13. The lowest BCUT2D eigenvalue weighted by atomic mass is 9.76. The highest BCUT2D eigenvalue weighted by atomic mass is 15.2. The van der Waals surface area contributed by atoms with Crippen LogP contribution in [0.4, 0.5) is 17.1 Å². The highest BCUT2D eigenvalue weighted by Gasteiger charge is 2.40. The summed E-state index contributed by atoms with van der Waals surface area (Å²) in [7, 11) is 0. The van der Waals surface area contributed by atoms with Gasteiger partial charge in [0.05, 0.1) is 39.1 Å². The summed E-state index contributed by atoms with van der Waals surface area (Å²) in [5.41, 5.74) is 24.3. The lowest BCUT2D eigenvalue weighted by Crippen LogP contribution is -2.23. The van der Waals surface area contributed by atoms with Crippen molar-refractivity contribution in [3.05, 3.63) is 271 Å². The maximum Gasteiger partial charge on any atom is 0.0583 e. The van der Waals surface area contributed by atoms with E-state index >= 15 is 0 Å². The SMILES string of the molecule is c1ccc(-c2ccc3c(c2)c2cc(-c4ccccc4)cc4c2n3-c2cc(N(c3ccccc3)c3ccccc3)cc3c2C4c2cc(-c4ccccc4)cc4c5cc(-c6ccccc6)ccc5n-3c24)cc1. The Hall–Kier alpha value is -9.18. The Labute approximate surface area is 406 Å². The van der Waals surface area contributed by atoms with Gasteiger partial charge in [0.15, 0.2) is 0 Å². The van der Waals surface area contributed by atoms with Crippen molar-refractivity contribution in [3.63, 3.8) is 0 Å². The monoisotopic (exact) mass is 889 g/mol. The summed E-state index contributed by atoms with van der Waals surface area (Å²) in [6.07, 6.45) is 0. The summed E-state index contributed by atoms with van der Waals surface area (Å²) in [4.78, 5) is 2.43. The number of rotatable bonds is 7. The molecule has 3 nitrogen and oxygen atoms in total. The largest absolute Gasteiger partial charge is 0.310 e. The molecule has 0 bridgehead atoms. The van der Waals surface area contributed by atoms with Crippen LogP contribution in [0.25, 0.3) is 99.5 Å². The summed E-state index contributed by atoms with van der Waals surface area (Å²) in [5, 5.41) is 5.02. The van der Waals surface area contributed by atoms with Gasteiger partial charge in [0, 0.05) is 44.4 Å². The fraction of sp³-hybridized carbons (Fsp3) is 0.0149. The molecule has 11 aromatic carbocycles. The molecule has 0 saturated carbocycles. The molecule has 0 fully saturated rings. The molecule has 0 saturated heterocycles. The molecule has 0 atom stereocenters. The quantitative estimate of drug-likeness (QED) is 0.155. The van der Waals surface area contributed by atoms with E-state index in [1.807, 2.05) is 0 Å². The minimum Gasteiger partial charge on any atom is -0.310 e. The standard InChI is InChI=1S/C67H43N3/c1-7-19-43(20-8-1)47-31-33-60-54(35-47)56-37-49(45-23-11-3-12-24-45)39-58-64-59-40-50(46-25-13-4-14-26-46)38-57-55-36-48(44-21-9-2-10-22-44)32-34-61(55)70(67(57)59)63-42-53(41-62(65(63)64)69(60)66(56)58)68(51-27-15-5-16-28-51)52-29-17-6-18-30-52/h1-42,64H. The number of aromatic nitrogens is 2. The van der Waals surface area contributed by atoms with Gasteiger partial charge in [-0.1, -0.05) is 170 Å². The number of benzene rings is 11. The molecular formula is C67H43N3. The topological polar surface area (TPSA) is 13.1 Å². The number of fused-ring (bicyclic) bond motifs is 10. The first-order valence-corrected chi connectivity index (χ1v) is 24.3. The average molecular weight is 890 g/mol.